The van der Waals surface area contributed by atoms with Gasteiger partial charge in [-0.2, -0.15) is 0 Å². The maximum atomic E-state index is 12.2. The number of aromatic nitrogens is 1. The first-order valence-corrected chi connectivity index (χ1v) is 7.63. The number of amides is 1. The van der Waals surface area contributed by atoms with Crippen LogP contribution in [-0.4, -0.2) is 30.1 Å². The lowest BCUT2D eigenvalue weighted by Crippen LogP contribution is -2.30. The minimum atomic E-state index is -1.04. The summed E-state index contributed by atoms with van der Waals surface area (Å²) in [6, 6.07) is 7.65. The quantitative estimate of drug-likeness (QED) is 0.816. The van der Waals surface area contributed by atoms with Crippen LogP contribution in [0.15, 0.2) is 36.5 Å². The molecule has 1 N–H and O–H groups in total. The van der Waals surface area contributed by atoms with Crippen LogP contribution in [0.1, 0.15) is 17.3 Å². The fourth-order valence-electron chi connectivity index (χ4n) is 1.79. The van der Waals surface area contributed by atoms with Crippen LogP contribution in [0, 0.1) is 0 Å². The summed E-state index contributed by atoms with van der Waals surface area (Å²) in [5.41, 5.74) is 0.134. The molecule has 0 bridgehead atoms. The minimum Gasteiger partial charge on any atom is -0.496 e. The smallest absolute Gasteiger partial charge is 0.342 e. The zero-order valence-electron chi connectivity index (χ0n) is 12.9. The van der Waals surface area contributed by atoms with Gasteiger partial charge in [-0.05, 0) is 37.3 Å². The second kappa shape index (κ2) is 7.99. The highest BCUT2D eigenvalue weighted by molar-refractivity contribution is 6.31. The number of esters is 1. The van der Waals surface area contributed by atoms with E-state index in [2.05, 4.69) is 10.3 Å². The third-order valence-electron chi connectivity index (χ3n) is 3.01. The average Bonchev–Trinajstić information content (AvgIpc) is 2.56. The summed E-state index contributed by atoms with van der Waals surface area (Å²) >= 11 is 11.6. The Hall–Kier alpha value is -2.31. The molecule has 1 aromatic carbocycles. The zero-order valence-corrected chi connectivity index (χ0v) is 14.4. The standard InChI is InChI=1S/C16H14Cl2N2O4/c1-9(15(21)20-14-6-4-11(18)8-19-14)24-16(22)12-7-10(17)3-5-13(12)23-2/h3-9H,1-2H3,(H,19,20,21)/t9-/m1/s1. The summed E-state index contributed by atoms with van der Waals surface area (Å²) in [7, 11) is 1.42. The SMILES string of the molecule is COc1ccc(Cl)cc1C(=O)O[C@H](C)C(=O)Nc1ccc(Cl)cn1. The number of pyridine rings is 1. The van der Waals surface area contributed by atoms with Crippen molar-refractivity contribution in [2.75, 3.05) is 12.4 Å². The first-order chi connectivity index (χ1) is 11.4. The van der Waals surface area contributed by atoms with Gasteiger partial charge in [0.05, 0.1) is 12.1 Å². The number of nitrogens with zero attached hydrogens (tertiary/aromatic N) is 1. The Morgan fingerprint density at radius 2 is 1.88 bits per heavy atom. The monoisotopic (exact) mass is 368 g/mol. The molecule has 1 aromatic heterocycles. The third-order valence-corrected chi connectivity index (χ3v) is 3.47. The Labute approximate surface area is 148 Å². The van der Waals surface area contributed by atoms with Crippen LogP contribution in [0.3, 0.4) is 0 Å². The molecule has 1 atom stereocenters. The van der Waals surface area contributed by atoms with Crippen molar-refractivity contribution in [2.24, 2.45) is 0 Å². The van der Waals surface area contributed by atoms with Crippen molar-refractivity contribution in [3.8, 4) is 5.75 Å². The lowest BCUT2D eigenvalue weighted by molar-refractivity contribution is -0.123. The number of anilines is 1. The number of rotatable bonds is 5. The molecule has 0 aliphatic heterocycles. The summed E-state index contributed by atoms with van der Waals surface area (Å²) in [5, 5.41) is 3.32. The fraction of sp³-hybridized carbons (Fsp3) is 0.188. The molecular formula is C16H14Cl2N2O4. The number of hydrogen-bond donors (Lipinski definition) is 1. The van der Waals surface area contributed by atoms with Gasteiger partial charge in [0.1, 0.15) is 17.1 Å². The van der Waals surface area contributed by atoms with E-state index in [1.165, 1.54) is 32.4 Å². The zero-order chi connectivity index (χ0) is 17.7. The molecule has 6 nitrogen and oxygen atoms in total. The maximum Gasteiger partial charge on any atom is 0.342 e. The number of nitrogens with one attached hydrogen (secondary N) is 1. The van der Waals surface area contributed by atoms with Crippen molar-refractivity contribution in [2.45, 2.75) is 13.0 Å². The third kappa shape index (κ3) is 4.59. The lowest BCUT2D eigenvalue weighted by atomic mass is 10.2. The van der Waals surface area contributed by atoms with Crippen molar-refractivity contribution in [3.63, 3.8) is 0 Å². The van der Waals surface area contributed by atoms with E-state index in [-0.39, 0.29) is 5.56 Å². The van der Waals surface area contributed by atoms with Crippen LogP contribution >= 0.6 is 23.2 Å². The minimum absolute atomic E-state index is 0.134. The maximum absolute atomic E-state index is 12.2. The van der Waals surface area contributed by atoms with Crippen LogP contribution in [0.4, 0.5) is 5.82 Å². The van der Waals surface area contributed by atoms with E-state index in [1.807, 2.05) is 0 Å². The Morgan fingerprint density at radius 1 is 1.17 bits per heavy atom. The highest BCUT2D eigenvalue weighted by Gasteiger charge is 2.22. The Kier molecular flexibility index (Phi) is 6.00. The summed E-state index contributed by atoms with van der Waals surface area (Å²) in [5.74, 6) is -0.649. The number of hydrogen-bond acceptors (Lipinski definition) is 5. The Bertz CT molecular complexity index is 750. The van der Waals surface area contributed by atoms with Gasteiger partial charge in [0, 0.05) is 11.2 Å². The van der Waals surface area contributed by atoms with Gasteiger partial charge in [-0.15, -0.1) is 0 Å². The van der Waals surface area contributed by atoms with Gasteiger partial charge in [0.15, 0.2) is 6.10 Å². The van der Waals surface area contributed by atoms with E-state index >= 15 is 0 Å². The number of carbonyl (C=O) groups is 2. The van der Waals surface area contributed by atoms with Crippen molar-refractivity contribution >= 4 is 40.9 Å². The first kappa shape index (κ1) is 18.0. The molecule has 1 amide bonds. The molecule has 0 fully saturated rings. The topological polar surface area (TPSA) is 77.5 Å². The predicted molar refractivity (Wildman–Crippen MR) is 90.8 cm³/mol. The molecule has 1 heterocycles. The molecule has 24 heavy (non-hydrogen) atoms. The van der Waals surface area contributed by atoms with Crippen LogP contribution in [0.2, 0.25) is 10.0 Å². The normalized spacial score (nSPS) is 11.5. The molecule has 0 unspecified atom stereocenters. The molecule has 0 radical (unpaired) electrons. The van der Waals surface area contributed by atoms with Crippen LogP contribution < -0.4 is 10.1 Å². The largest absolute Gasteiger partial charge is 0.496 e. The van der Waals surface area contributed by atoms with Gasteiger partial charge in [0.25, 0.3) is 5.91 Å². The summed E-state index contributed by atoms with van der Waals surface area (Å²) in [6.45, 7) is 1.44. The Morgan fingerprint density at radius 3 is 2.50 bits per heavy atom. The number of ether oxygens (including phenoxy) is 2. The average molecular weight is 369 g/mol. The van der Waals surface area contributed by atoms with E-state index < -0.39 is 18.0 Å². The number of methoxy groups -OCH3 is 1. The van der Waals surface area contributed by atoms with Gasteiger partial charge >= 0.3 is 5.97 Å². The van der Waals surface area contributed by atoms with Gasteiger partial charge < -0.3 is 14.8 Å². The highest BCUT2D eigenvalue weighted by Crippen LogP contribution is 2.24. The predicted octanol–water partition coefficient (Wildman–Crippen LogP) is 3.58. The molecule has 0 saturated carbocycles. The van der Waals surface area contributed by atoms with Crippen LogP contribution in [-0.2, 0) is 9.53 Å². The molecule has 2 rings (SSSR count). The molecule has 2 aromatic rings. The Balaban J connectivity index is 2.04. The second-order valence-electron chi connectivity index (χ2n) is 4.74. The molecular weight excluding hydrogens is 355 g/mol. The van der Waals surface area contributed by atoms with Gasteiger partial charge in [-0.1, -0.05) is 23.2 Å². The fourth-order valence-corrected chi connectivity index (χ4v) is 2.08. The number of halogens is 2. The van der Waals surface area contributed by atoms with Crippen molar-refractivity contribution in [3.05, 3.63) is 52.1 Å². The summed E-state index contributed by atoms with van der Waals surface area (Å²) < 4.78 is 10.2. The molecule has 0 aliphatic carbocycles. The van der Waals surface area contributed by atoms with E-state index in [1.54, 1.807) is 18.2 Å². The number of carbonyl (C=O) groups excluding carboxylic acids is 2. The van der Waals surface area contributed by atoms with E-state index in [9.17, 15) is 9.59 Å². The van der Waals surface area contributed by atoms with Crippen LogP contribution in [0.5, 0.6) is 5.75 Å². The summed E-state index contributed by atoms with van der Waals surface area (Å²) in [4.78, 5) is 28.2. The van der Waals surface area contributed by atoms with Gasteiger partial charge in [-0.25, -0.2) is 9.78 Å². The van der Waals surface area contributed by atoms with Crippen LogP contribution in [0.25, 0.3) is 0 Å². The summed E-state index contributed by atoms with van der Waals surface area (Å²) in [6.07, 6.45) is 0.351. The first-order valence-electron chi connectivity index (χ1n) is 6.87. The molecule has 0 aliphatic rings. The van der Waals surface area contributed by atoms with Gasteiger partial charge in [0.2, 0.25) is 0 Å². The van der Waals surface area contributed by atoms with Crippen molar-refractivity contribution in [1.29, 1.82) is 0 Å². The van der Waals surface area contributed by atoms with Crippen molar-refractivity contribution in [1.82, 2.24) is 4.98 Å². The lowest BCUT2D eigenvalue weighted by Gasteiger charge is -2.14. The second-order valence-corrected chi connectivity index (χ2v) is 5.62. The van der Waals surface area contributed by atoms with Crippen molar-refractivity contribution < 1.29 is 19.1 Å². The van der Waals surface area contributed by atoms with E-state index in [4.69, 9.17) is 32.7 Å². The molecule has 8 heteroatoms. The van der Waals surface area contributed by atoms with E-state index in [0.29, 0.717) is 21.6 Å². The highest BCUT2D eigenvalue weighted by atomic mass is 35.5. The van der Waals surface area contributed by atoms with Gasteiger partial charge in [-0.3, -0.25) is 4.79 Å². The number of benzene rings is 1. The molecule has 0 saturated heterocycles. The molecule has 0 spiro atoms. The van der Waals surface area contributed by atoms with E-state index in [0.717, 1.165) is 0 Å². The molecule has 126 valence electrons.